The second kappa shape index (κ2) is 7.50. The quantitative estimate of drug-likeness (QED) is 0.414. The Hall–Kier alpha value is -3.64. The summed E-state index contributed by atoms with van der Waals surface area (Å²) >= 11 is 0. The van der Waals surface area contributed by atoms with Crippen LogP contribution in [0.4, 0.5) is 11.4 Å². The third-order valence-corrected chi connectivity index (χ3v) is 3.87. The lowest BCUT2D eigenvalue weighted by Gasteiger charge is -2.13. The van der Waals surface area contributed by atoms with E-state index in [0.717, 1.165) is 11.3 Å². The number of nitrogens with one attached hydrogen (secondary N) is 2. The molecule has 0 radical (unpaired) electrons. The standard InChI is InChI=1S/C20H16N2O4/c23-19(22-26)17-11-10-16(12-18(17)13-4-2-1-3-5-13)21-15-8-6-14(7-9-15)20(24)25/h1-12,21,26H,(H,22,23)(H,24,25). The van der Waals surface area contributed by atoms with Crippen LogP contribution in [0, 0.1) is 0 Å². The summed E-state index contributed by atoms with van der Waals surface area (Å²) in [6.45, 7) is 0. The molecular formula is C20H16N2O4. The van der Waals surface area contributed by atoms with Crippen LogP contribution in [0.15, 0.2) is 72.8 Å². The maximum absolute atomic E-state index is 11.9. The van der Waals surface area contributed by atoms with Crippen LogP contribution >= 0.6 is 0 Å². The number of hydrogen-bond donors (Lipinski definition) is 4. The van der Waals surface area contributed by atoms with Gasteiger partial charge >= 0.3 is 5.97 Å². The van der Waals surface area contributed by atoms with Gasteiger partial charge in [-0.15, -0.1) is 0 Å². The van der Waals surface area contributed by atoms with Gasteiger partial charge in [0.1, 0.15) is 0 Å². The highest BCUT2D eigenvalue weighted by atomic mass is 16.5. The zero-order chi connectivity index (χ0) is 18.5. The molecule has 3 aromatic carbocycles. The summed E-state index contributed by atoms with van der Waals surface area (Å²) < 4.78 is 0. The number of aromatic carboxylic acids is 1. The number of anilines is 2. The van der Waals surface area contributed by atoms with Crippen molar-refractivity contribution in [2.75, 3.05) is 5.32 Å². The number of carbonyl (C=O) groups is 2. The Bertz CT molecular complexity index is 938. The number of benzene rings is 3. The number of carboxylic acids is 1. The van der Waals surface area contributed by atoms with E-state index < -0.39 is 11.9 Å². The number of carbonyl (C=O) groups excluding carboxylic acids is 1. The van der Waals surface area contributed by atoms with Gasteiger partial charge in [0.05, 0.1) is 5.56 Å². The zero-order valence-corrected chi connectivity index (χ0v) is 13.6. The SMILES string of the molecule is O=C(O)c1ccc(Nc2ccc(C(=O)NO)c(-c3ccccc3)c2)cc1. The van der Waals surface area contributed by atoms with E-state index >= 15 is 0 Å². The van der Waals surface area contributed by atoms with E-state index in [1.807, 2.05) is 30.3 Å². The van der Waals surface area contributed by atoms with Crippen molar-refractivity contribution >= 4 is 23.3 Å². The van der Waals surface area contributed by atoms with Crippen LogP contribution in [-0.2, 0) is 0 Å². The van der Waals surface area contributed by atoms with Crippen LogP contribution in [0.2, 0.25) is 0 Å². The van der Waals surface area contributed by atoms with Gasteiger partial charge in [0.15, 0.2) is 0 Å². The molecule has 0 spiro atoms. The molecular weight excluding hydrogens is 332 g/mol. The van der Waals surface area contributed by atoms with E-state index in [1.165, 1.54) is 12.1 Å². The number of rotatable bonds is 5. The molecule has 6 heteroatoms. The van der Waals surface area contributed by atoms with Gasteiger partial charge in [-0.1, -0.05) is 30.3 Å². The van der Waals surface area contributed by atoms with E-state index in [9.17, 15) is 9.59 Å². The first-order chi connectivity index (χ1) is 12.6. The van der Waals surface area contributed by atoms with Crippen molar-refractivity contribution in [3.63, 3.8) is 0 Å². The number of carboxylic acid groups (broad SMARTS) is 1. The molecule has 130 valence electrons. The average molecular weight is 348 g/mol. The molecule has 3 rings (SSSR count). The number of amides is 1. The predicted octanol–water partition coefficient (Wildman–Crippen LogP) is 3.91. The van der Waals surface area contributed by atoms with Gasteiger partial charge in [-0.3, -0.25) is 10.0 Å². The normalized spacial score (nSPS) is 10.2. The van der Waals surface area contributed by atoms with Crippen LogP contribution in [-0.4, -0.2) is 22.2 Å². The molecule has 6 nitrogen and oxygen atoms in total. The molecule has 0 aromatic heterocycles. The topological polar surface area (TPSA) is 98.7 Å². The summed E-state index contributed by atoms with van der Waals surface area (Å²) in [5.74, 6) is -1.58. The zero-order valence-electron chi connectivity index (χ0n) is 13.6. The van der Waals surface area contributed by atoms with E-state index in [-0.39, 0.29) is 5.56 Å². The average Bonchev–Trinajstić information content (AvgIpc) is 2.68. The van der Waals surface area contributed by atoms with Crippen molar-refractivity contribution in [1.82, 2.24) is 5.48 Å². The van der Waals surface area contributed by atoms with Crippen LogP contribution in [0.5, 0.6) is 0 Å². The lowest BCUT2D eigenvalue weighted by molar-refractivity contribution is 0.0693. The third kappa shape index (κ3) is 3.71. The molecule has 3 aromatic rings. The van der Waals surface area contributed by atoms with Gasteiger partial charge in [-0.05, 0) is 53.6 Å². The Balaban J connectivity index is 1.96. The minimum Gasteiger partial charge on any atom is -0.478 e. The lowest BCUT2D eigenvalue weighted by Crippen LogP contribution is -2.19. The highest BCUT2D eigenvalue weighted by Crippen LogP contribution is 2.28. The Kier molecular flexibility index (Phi) is 4.96. The first-order valence-electron chi connectivity index (χ1n) is 7.83. The molecule has 0 heterocycles. The largest absolute Gasteiger partial charge is 0.478 e. The van der Waals surface area contributed by atoms with Crippen molar-refractivity contribution in [2.45, 2.75) is 0 Å². The second-order valence-electron chi connectivity index (χ2n) is 5.57. The summed E-state index contributed by atoms with van der Waals surface area (Å²) in [6, 6.07) is 20.8. The van der Waals surface area contributed by atoms with Crippen molar-refractivity contribution in [1.29, 1.82) is 0 Å². The monoisotopic (exact) mass is 348 g/mol. The van der Waals surface area contributed by atoms with E-state index in [1.54, 1.807) is 35.8 Å². The van der Waals surface area contributed by atoms with Crippen LogP contribution < -0.4 is 10.8 Å². The Morgan fingerprint density at radius 3 is 2.08 bits per heavy atom. The second-order valence-corrected chi connectivity index (χ2v) is 5.57. The lowest BCUT2D eigenvalue weighted by atomic mass is 9.98. The van der Waals surface area contributed by atoms with E-state index in [4.69, 9.17) is 10.3 Å². The molecule has 0 atom stereocenters. The van der Waals surface area contributed by atoms with Crippen LogP contribution in [0.1, 0.15) is 20.7 Å². The van der Waals surface area contributed by atoms with E-state index in [0.29, 0.717) is 16.8 Å². The third-order valence-electron chi connectivity index (χ3n) is 3.87. The predicted molar refractivity (Wildman–Crippen MR) is 97.8 cm³/mol. The van der Waals surface area contributed by atoms with Crippen molar-refractivity contribution in [2.24, 2.45) is 0 Å². The highest BCUT2D eigenvalue weighted by molar-refractivity contribution is 6.01. The van der Waals surface area contributed by atoms with Crippen molar-refractivity contribution in [3.05, 3.63) is 83.9 Å². The Morgan fingerprint density at radius 1 is 0.808 bits per heavy atom. The molecule has 26 heavy (non-hydrogen) atoms. The summed E-state index contributed by atoms with van der Waals surface area (Å²) in [7, 11) is 0. The fourth-order valence-corrected chi connectivity index (χ4v) is 2.60. The molecule has 0 aliphatic carbocycles. The van der Waals surface area contributed by atoms with Crippen molar-refractivity contribution < 1.29 is 19.9 Å². The molecule has 0 fully saturated rings. The fourth-order valence-electron chi connectivity index (χ4n) is 2.60. The highest BCUT2D eigenvalue weighted by Gasteiger charge is 2.13. The maximum Gasteiger partial charge on any atom is 0.335 e. The molecule has 4 N–H and O–H groups in total. The molecule has 0 saturated carbocycles. The molecule has 0 aliphatic rings. The molecule has 0 unspecified atom stereocenters. The minimum absolute atomic E-state index is 0.204. The van der Waals surface area contributed by atoms with Gasteiger partial charge in [0.2, 0.25) is 0 Å². The molecule has 0 saturated heterocycles. The van der Waals surface area contributed by atoms with Gasteiger partial charge in [0, 0.05) is 16.9 Å². The minimum atomic E-state index is -0.984. The van der Waals surface area contributed by atoms with Gasteiger partial charge in [-0.25, -0.2) is 10.3 Å². The van der Waals surface area contributed by atoms with Gasteiger partial charge < -0.3 is 10.4 Å². The molecule has 0 aliphatic heterocycles. The summed E-state index contributed by atoms with van der Waals surface area (Å²) in [4.78, 5) is 22.9. The van der Waals surface area contributed by atoms with Crippen molar-refractivity contribution in [3.8, 4) is 11.1 Å². The smallest absolute Gasteiger partial charge is 0.335 e. The maximum atomic E-state index is 11.9. The Labute approximate surface area is 149 Å². The van der Waals surface area contributed by atoms with Crippen LogP contribution in [0.25, 0.3) is 11.1 Å². The Morgan fingerprint density at radius 2 is 1.46 bits per heavy atom. The van der Waals surface area contributed by atoms with E-state index in [2.05, 4.69) is 5.32 Å². The number of hydroxylamine groups is 1. The van der Waals surface area contributed by atoms with Gasteiger partial charge in [0.25, 0.3) is 5.91 Å². The summed E-state index contributed by atoms with van der Waals surface area (Å²) in [5.41, 5.74) is 5.13. The van der Waals surface area contributed by atoms with Crippen LogP contribution in [0.3, 0.4) is 0 Å². The molecule has 0 bridgehead atoms. The summed E-state index contributed by atoms with van der Waals surface area (Å²) in [6.07, 6.45) is 0. The van der Waals surface area contributed by atoms with Gasteiger partial charge in [-0.2, -0.15) is 0 Å². The first kappa shape index (κ1) is 17.2. The first-order valence-corrected chi connectivity index (χ1v) is 7.83. The fraction of sp³-hybridized carbons (Fsp3) is 0. The summed E-state index contributed by atoms with van der Waals surface area (Å²) in [5, 5.41) is 21.1. The molecule has 1 amide bonds. The number of hydrogen-bond acceptors (Lipinski definition) is 4.